The first-order chi connectivity index (χ1) is 8.61. The lowest BCUT2D eigenvalue weighted by atomic mass is 10.0. The largest absolute Gasteiger partial charge is 0.465 e. The molecule has 0 amide bonds. The SMILES string of the molecule is COC(=O)c1c(C)nc(CC2CCOC2)nc1N. The van der Waals surface area contributed by atoms with Crippen molar-refractivity contribution in [3.63, 3.8) is 0 Å². The van der Waals surface area contributed by atoms with E-state index < -0.39 is 5.97 Å². The Balaban J connectivity index is 2.21. The van der Waals surface area contributed by atoms with Crippen molar-refractivity contribution in [2.45, 2.75) is 19.8 Å². The van der Waals surface area contributed by atoms with Crippen LogP contribution in [-0.4, -0.2) is 36.3 Å². The van der Waals surface area contributed by atoms with Crippen molar-refractivity contribution in [3.05, 3.63) is 17.1 Å². The minimum atomic E-state index is -0.499. The molecule has 1 fully saturated rings. The quantitative estimate of drug-likeness (QED) is 0.797. The first-order valence-electron chi connectivity index (χ1n) is 5.91. The fourth-order valence-corrected chi connectivity index (χ4v) is 2.10. The van der Waals surface area contributed by atoms with Crippen molar-refractivity contribution in [2.24, 2.45) is 5.92 Å². The molecule has 0 bridgehead atoms. The van der Waals surface area contributed by atoms with Gasteiger partial charge in [-0.15, -0.1) is 0 Å². The molecule has 0 aliphatic carbocycles. The summed E-state index contributed by atoms with van der Waals surface area (Å²) >= 11 is 0. The number of aromatic nitrogens is 2. The van der Waals surface area contributed by atoms with Gasteiger partial charge in [-0.3, -0.25) is 0 Å². The molecule has 1 aromatic rings. The molecule has 18 heavy (non-hydrogen) atoms. The molecule has 6 heteroatoms. The third-order valence-corrected chi connectivity index (χ3v) is 3.05. The monoisotopic (exact) mass is 251 g/mol. The summed E-state index contributed by atoms with van der Waals surface area (Å²) in [7, 11) is 1.31. The summed E-state index contributed by atoms with van der Waals surface area (Å²) in [4.78, 5) is 20.0. The number of carbonyl (C=O) groups is 1. The predicted octanol–water partition coefficient (Wildman–Crippen LogP) is 0.733. The molecule has 1 atom stereocenters. The Morgan fingerprint density at radius 3 is 2.89 bits per heavy atom. The smallest absolute Gasteiger partial charge is 0.343 e. The molecule has 1 aliphatic rings. The predicted molar refractivity (Wildman–Crippen MR) is 65.2 cm³/mol. The Labute approximate surface area is 106 Å². The third-order valence-electron chi connectivity index (χ3n) is 3.05. The second-order valence-electron chi connectivity index (χ2n) is 4.41. The van der Waals surface area contributed by atoms with E-state index in [0.29, 0.717) is 17.4 Å². The van der Waals surface area contributed by atoms with Crippen LogP contribution in [0.15, 0.2) is 0 Å². The highest BCUT2D eigenvalue weighted by molar-refractivity contribution is 5.95. The van der Waals surface area contributed by atoms with Gasteiger partial charge in [-0.05, 0) is 19.3 Å². The Hall–Kier alpha value is -1.69. The molecule has 0 saturated carbocycles. The Bertz CT molecular complexity index is 433. The second-order valence-corrected chi connectivity index (χ2v) is 4.41. The minimum Gasteiger partial charge on any atom is -0.465 e. The molecule has 0 aromatic carbocycles. The molecular weight excluding hydrogens is 234 g/mol. The zero-order valence-corrected chi connectivity index (χ0v) is 10.6. The number of anilines is 1. The Morgan fingerprint density at radius 1 is 1.56 bits per heavy atom. The van der Waals surface area contributed by atoms with Crippen LogP contribution in [0, 0.1) is 12.8 Å². The van der Waals surface area contributed by atoms with Crippen LogP contribution < -0.4 is 5.73 Å². The van der Waals surface area contributed by atoms with E-state index in [1.165, 1.54) is 7.11 Å². The summed E-state index contributed by atoms with van der Waals surface area (Å²) in [6, 6.07) is 0. The van der Waals surface area contributed by atoms with Gasteiger partial charge in [0.1, 0.15) is 17.2 Å². The van der Waals surface area contributed by atoms with Gasteiger partial charge < -0.3 is 15.2 Å². The molecule has 0 radical (unpaired) electrons. The van der Waals surface area contributed by atoms with Gasteiger partial charge >= 0.3 is 5.97 Å². The van der Waals surface area contributed by atoms with E-state index in [2.05, 4.69) is 14.7 Å². The molecule has 1 aliphatic heterocycles. The van der Waals surface area contributed by atoms with Crippen LogP contribution >= 0.6 is 0 Å². The molecule has 98 valence electrons. The third kappa shape index (κ3) is 2.59. The lowest BCUT2D eigenvalue weighted by Crippen LogP contribution is -2.15. The van der Waals surface area contributed by atoms with E-state index in [-0.39, 0.29) is 11.4 Å². The zero-order chi connectivity index (χ0) is 13.1. The number of aryl methyl sites for hydroxylation is 1. The highest BCUT2D eigenvalue weighted by atomic mass is 16.5. The fraction of sp³-hybridized carbons (Fsp3) is 0.583. The maximum absolute atomic E-state index is 11.5. The summed E-state index contributed by atoms with van der Waals surface area (Å²) in [5.41, 5.74) is 6.60. The number of ether oxygens (including phenoxy) is 2. The summed E-state index contributed by atoms with van der Waals surface area (Å²) < 4.78 is 9.96. The number of hydrogen-bond donors (Lipinski definition) is 1. The first kappa shape index (κ1) is 12.8. The van der Waals surface area contributed by atoms with Gasteiger partial charge in [-0.2, -0.15) is 0 Å². The topological polar surface area (TPSA) is 87.3 Å². The van der Waals surface area contributed by atoms with E-state index in [9.17, 15) is 4.79 Å². The van der Waals surface area contributed by atoms with Crippen molar-refractivity contribution in [1.82, 2.24) is 9.97 Å². The standard InChI is InChI=1S/C12H17N3O3/c1-7-10(12(16)17-2)11(13)15-9(14-7)5-8-3-4-18-6-8/h8H,3-6H2,1-2H3,(H2,13,14,15). The summed E-state index contributed by atoms with van der Waals surface area (Å²) in [6.07, 6.45) is 1.74. The number of hydrogen-bond acceptors (Lipinski definition) is 6. The zero-order valence-electron chi connectivity index (χ0n) is 10.6. The van der Waals surface area contributed by atoms with E-state index in [1.807, 2.05) is 0 Å². The Morgan fingerprint density at radius 2 is 2.33 bits per heavy atom. The number of rotatable bonds is 3. The molecule has 0 spiro atoms. The summed E-state index contributed by atoms with van der Waals surface area (Å²) in [5.74, 6) is 0.782. The number of methoxy groups -OCH3 is 1. The van der Waals surface area contributed by atoms with Gasteiger partial charge in [-0.25, -0.2) is 14.8 Å². The number of nitrogens with two attached hydrogens (primary N) is 1. The van der Waals surface area contributed by atoms with E-state index in [0.717, 1.165) is 26.1 Å². The van der Waals surface area contributed by atoms with Crippen molar-refractivity contribution in [1.29, 1.82) is 0 Å². The van der Waals surface area contributed by atoms with Gasteiger partial charge in [0.2, 0.25) is 0 Å². The molecular formula is C12H17N3O3. The first-order valence-corrected chi connectivity index (χ1v) is 5.91. The molecule has 6 nitrogen and oxygen atoms in total. The number of esters is 1. The van der Waals surface area contributed by atoms with Crippen molar-refractivity contribution in [3.8, 4) is 0 Å². The second kappa shape index (κ2) is 5.30. The number of carbonyl (C=O) groups excluding carboxylic acids is 1. The van der Waals surface area contributed by atoms with Gasteiger partial charge in [0.05, 0.1) is 12.8 Å². The van der Waals surface area contributed by atoms with Gasteiger partial charge in [0.15, 0.2) is 0 Å². The van der Waals surface area contributed by atoms with Gasteiger partial charge in [0, 0.05) is 19.6 Å². The average Bonchev–Trinajstić information content (AvgIpc) is 2.80. The van der Waals surface area contributed by atoms with Crippen LogP contribution in [0.1, 0.15) is 28.3 Å². The molecule has 1 aromatic heterocycles. The van der Waals surface area contributed by atoms with Crippen LogP contribution in [-0.2, 0) is 15.9 Å². The van der Waals surface area contributed by atoms with Crippen molar-refractivity contribution in [2.75, 3.05) is 26.1 Å². The normalized spacial score (nSPS) is 18.9. The maximum atomic E-state index is 11.5. The fourth-order valence-electron chi connectivity index (χ4n) is 2.10. The lowest BCUT2D eigenvalue weighted by molar-refractivity contribution is 0.0600. The van der Waals surface area contributed by atoms with E-state index >= 15 is 0 Å². The molecule has 1 unspecified atom stereocenters. The highest BCUT2D eigenvalue weighted by Gasteiger charge is 2.21. The van der Waals surface area contributed by atoms with E-state index in [1.54, 1.807) is 6.92 Å². The number of nitrogens with zero attached hydrogens (tertiary/aromatic N) is 2. The van der Waals surface area contributed by atoms with Crippen molar-refractivity contribution < 1.29 is 14.3 Å². The molecule has 1 saturated heterocycles. The van der Waals surface area contributed by atoms with E-state index in [4.69, 9.17) is 10.5 Å². The molecule has 2 N–H and O–H groups in total. The van der Waals surface area contributed by atoms with Gasteiger partial charge in [0.25, 0.3) is 0 Å². The van der Waals surface area contributed by atoms with Crippen LogP contribution in [0.5, 0.6) is 0 Å². The van der Waals surface area contributed by atoms with Crippen LogP contribution in [0.3, 0.4) is 0 Å². The highest BCUT2D eigenvalue weighted by Crippen LogP contribution is 2.19. The minimum absolute atomic E-state index is 0.184. The number of nitrogen functional groups attached to an aromatic ring is 1. The molecule has 2 heterocycles. The summed E-state index contributed by atoms with van der Waals surface area (Å²) in [6.45, 7) is 3.26. The lowest BCUT2D eigenvalue weighted by Gasteiger charge is -2.10. The van der Waals surface area contributed by atoms with Gasteiger partial charge in [-0.1, -0.05) is 0 Å². The maximum Gasteiger partial charge on any atom is 0.343 e. The van der Waals surface area contributed by atoms with Crippen molar-refractivity contribution >= 4 is 11.8 Å². The average molecular weight is 251 g/mol. The summed E-state index contributed by atoms with van der Waals surface area (Å²) in [5, 5.41) is 0. The van der Waals surface area contributed by atoms with Crippen LogP contribution in [0.4, 0.5) is 5.82 Å². The van der Waals surface area contributed by atoms with Crippen LogP contribution in [0.25, 0.3) is 0 Å². The Kier molecular flexibility index (Phi) is 3.76. The van der Waals surface area contributed by atoms with Crippen LogP contribution in [0.2, 0.25) is 0 Å². The molecule has 2 rings (SSSR count).